The topological polar surface area (TPSA) is 83.3 Å². The molecule has 2 N–H and O–H groups in total. The number of furan rings is 1. The van der Waals surface area contributed by atoms with E-state index >= 15 is 0 Å². The van der Waals surface area contributed by atoms with Gasteiger partial charge in [0.2, 0.25) is 0 Å². The summed E-state index contributed by atoms with van der Waals surface area (Å²) in [7, 11) is 0. The summed E-state index contributed by atoms with van der Waals surface area (Å²) in [5.74, 6) is 1.03. The zero-order valence-electron chi connectivity index (χ0n) is 13.1. The maximum absolute atomic E-state index is 12.1. The van der Waals surface area contributed by atoms with Gasteiger partial charge in [0.1, 0.15) is 11.5 Å². The van der Waals surface area contributed by atoms with Crippen LogP contribution in [0.25, 0.3) is 11.5 Å². The van der Waals surface area contributed by atoms with Gasteiger partial charge in [-0.15, -0.1) is 0 Å². The van der Waals surface area contributed by atoms with E-state index in [1.54, 1.807) is 6.07 Å². The van der Waals surface area contributed by atoms with E-state index in [0.29, 0.717) is 17.2 Å². The van der Waals surface area contributed by atoms with E-state index in [1.165, 1.54) is 0 Å². The van der Waals surface area contributed by atoms with Crippen molar-refractivity contribution in [2.75, 3.05) is 0 Å². The van der Waals surface area contributed by atoms with Crippen molar-refractivity contribution in [2.45, 2.75) is 13.8 Å². The Morgan fingerprint density at radius 1 is 1.25 bits per heavy atom. The molecular formula is C17H15BrN4O2. The summed E-state index contributed by atoms with van der Waals surface area (Å²) in [4.78, 5) is 12.1. The molecule has 2 heterocycles. The van der Waals surface area contributed by atoms with E-state index in [0.717, 1.165) is 15.8 Å². The minimum atomic E-state index is -0.391. The van der Waals surface area contributed by atoms with Crippen molar-refractivity contribution >= 4 is 27.5 Å². The predicted molar refractivity (Wildman–Crippen MR) is 94.8 cm³/mol. The lowest BCUT2D eigenvalue weighted by Gasteiger charge is -2.01. The second kappa shape index (κ2) is 6.84. The number of benzene rings is 1. The van der Waals surface area contributed by atoms with Gasteiger partial charge in [-0.3, -0.25) is 9.89 Å². The largest absolute Gasteiger partial charge is 0.460 e. The highest BCUT2D eigenvalue weighted by Crippen LogP contribution is 2.20. The van der Waals surface area contributed by atoms with Crippen LogP contribution in [-0.2, 0) is 0 Å². The average Bonchev–Trinajstić information content (AvgIpc) is 3.22. The van der Waals surface area contributed by atoms with E-state index < -0.39 is 5.91 Å². The highest BCUT2D eigenvalue weighted by molar-refractivity contribution is 9.10. The van der Waals surface area contributed by atoms with Gasteiger partial charge >= 0.3 is 0 Å². The van der Waals surface area contributed by atoms with Gasteiger partial charge in [0.25, 0.3) is 5.91 Å². The number of carbonyl (C=O) groups is 1. The molecule has 2 aromatic heterocycles. The molecule has 0 aliphatic heterocycles. The molecule has 0 radical (unpaired) electrons. The van der Waals surface area contributed by atoms with Crippen molar-refractivity contribution in [3.63, 3.8) is 0 Å². The molecule has 1 aromatic carbocycles. The number of amides is 1. The molecule has 3 aromatic rings. The molecule has 0 atom stereocenters. The highest BCUT2D eigenvalue weighted by Gasteiger charge is 2.13. The molecule has 7 heteroatoms. The molecule has 0 saturated heterocycles. The molecule has 0 aliphatic rings. The quantitative estimate of drug-likeness (QED) is 0.526. The Balaban J connectivity index is 1.70. The fourth-order valence-electron chi connectivity index (χ4n) is 2.09. The molecule has 0 bridgehead atoms. The molecule has 6 nitrogen and oxygen atoms in total. The predicted octanol–water partition coefficient (Wildman–Crippen LogP) is 3.89. The van der Waals surface area contributed by atoms with Crippen LogP contribution in [0.15, 0.2) is 56.5 Å². The molecule has 0 fully saturated rings. The van der Waals surface area contributed by atoms with E-state index in [2.05, 4.69) is 36.7 Å². The van der Waals surface area contributed by atoms with Crippen molar-refractivity contribution in [1.29, 1.82) is 0 Å². The third-order valence-electron chi connectivity index (χ3n) is 3.40. The van der Waals surface area contributed by atoms with Gasteiger partial charge in [0.15, 0.2) is 11.5 Å². The Morgan fingerprint density at radius 2 is 2.00 bits per heavy atom. The van der Waals surface area contributed by atoms with Crippen LogP contribution in [-0.4, -0.2) is 21.8 Å². The maximum atomic E-state index is 12.1. The molecule has 0 saturated carbocycles. The van der Waals surface area contributed by atoms with Crippen molar-refractivity contribution < 1.29 is 9.21 Å². The average molecular weight is 387 g/mol. The Morgan fingerprint density at radius 3 is 2.67 bits per heavy atom. The summed E-state index contributed by atoms with van der Waals surface area (Å²) in [6.45, 7) is 3.68. The lowest BCUT2D eigenvalue weighted by Crippen LogP contribution is -2.19. The number of rotatable bonds is 4. The van der Waals surface area contributed by atoms with Crippen molar-refractivity contribution in [1.82, 2.24) is 15.6 Å². The SMILES string of the molecule is C/C(=N/NC(=O)c1cc(-c2ccc(C)o2)[nH]n1)c1ccc(Br)cc1. The maximum Gasteiger partial charge on any atom is 0.291 e. The van der Waals surface area contributed by atoms with Gasteiger partial charge in [-0.25, -0.2) is 5.43 Å². The van der Waals surface area contributed by atoms with Crippen LogP contribution in [0.3, 0.4) is 0 Å². The van der Waals surface area contributed by atoms with Crippen LogP contribution in [0.1, 0.15) is 28.7 Å². The summed E-state index contributed by atoms with van der Waals surface area (Å²) >= 11 is 3.38. The van der Waals surface area contributed by atoms with Crippen molar-refractivity contribution in [2.24, 2.45) is 5.10 Å². The van der Waals surface area contributed by atoms with Crippen molar-refractivity contribution in [3.8, 4) is 11.5 Å². The van der Waals surface area contributed by atoms with Crippen LogP contribution in [0.4, 0.5) is 0 Å². The van der Waals surface area contributed by atoms with Crippen LogP contribution >= 0.6 is 15.9 Å². The number of nitrogens with zero attached hydrogens (tertiary/aromatic N) is 2. The number of H-pyrrole nitrogens is 1. The Kier molecular flexibility index (Phi) is 4.61. The highest BCUT2D eigenvalue weighted by atomic mass is 79.9. The van der Waals surface area contributed by atoms with E-state index in [-0.39, 0.29) is 5.69 Å². The normalized spacial score (nSPS) is 11.5. The number of aryl methyl sites for hydroxylation is 1. The lowest BCUT2D eigenvalue weighted by atomic mass is 10.1. The summed E-state index contributed by atoms with van der Waals surface area (Å²) in [6.07, 6.45) is 0. The molecule has 3 rings (SSSR count). The number of hydrazone groups is 1. The zero-order valence-corrected chi connectivity index (χ0v) is 14.7. The smallest absolute Gasteiger partial charge is 0.291 e. The monoisotopic (exact) mass is 386 g/mol. The summed E-state index contributed by atoms with van der Waals surface area (Å²) in [5.41, 5.74) is 5.01. The molecular weight excluding hydrogens is 372 g/mol. The molecule has 122 valence electrons. The Bertz CT molecular complexity index is 893. The molecule has 0 unspecified atom stereocenters. The van der Waals surface area contributed by atoms with Gasteiger partial charge in [-0.2, -0.15) is 10.2 Å². The fourth-order valence-corrected chi connectivity index (χ4v) is 2.36. The van der Waals surface area contributed by atoms with E-state index in [9.17, 15) is 4.79 Å². The number of hydrogen-bond acceptors (Lipinski definition) is 4. The molecule has 24 heavy (non-hydrogen) atoms. The van der Waals surface area contributed by atoms with E-state index in [1.807, 2.05) is 50.2 Å². The zero-order chi connectivity index (χ0) is 17.1. The van der Waals surface area contributed by atoms with Crippen LogP contribution in [0, 0.1) is 6.92 Å². The molecule has 0 spiro atoms. The first-order valence-electron chi connectivity index (χ1n) is 7.26. The van der Waals surface area contributed by atoms with Gasteiger partial charge in [0.05, 0.1) is 5.71 Å². The van der Waals surface area contributed by atoms with E-state index in [4.69, 9.17) is 4.42 Å². The first kappa shape index (κ1) is 16.2. The van der Waals surface area contributed by atoms with Gasteiger partial charge in [-0.1, -0.05) is 28.1 Å². The fraction of sp³-hybridized carbons (Fsp3) is 0.118. The second-order valence-electron chi connectivity index (χ2n) is 5.22. The number of aromatic amines is 1. The first-order chi connectivity index (χ1) is 11.5. The molecule has 1 amide bonds. The number of nitrogens with one attached hydrogen (secondary N) is 2. The lowest BCUT2D eigenvalue weighted by molar-refractivity contribution is 0.0950. The van der Waals surface area contributed by atoms with Crippen LogP contribution in [0.5, 0.6) is 0 Å². The standard InChI is InChI=1S/C17H15BrN4O2/c1-10-3-8-16(24-10)14-9-15(21-20-14)17(23)22-19-11(2)12-4-6-13(18)7-5-12/h3-9H,1-2H3,(H,20,21)(H,22,23)/b19-11-. The summed E-state index contributed by atoms with van der Waals surface area (Å²) in [6, 6.07) is 13.0. The van der Waals surface area contributed by atoms with Crippen LogP contribution in [0.2, 0.25) is 0 Å². The third kappa shape index (κ3) is 3.62. The van der Waals surface area contributed by atoms with Gasteiger partial charge in [-0.05, 0) is 43.7 Å². The first-order valence-corrected chi connectivity index (χ1v) is 8.05. The number of aromatic nitrogens is 2. The second-order valence-corrected chi connectivity index (χ2v) is 6.14. The van der Waals surface area contributed by atoms with Gasteiger partial charge < -0.3 is 4.42 Å². The summed E-state index contributed by atoms with van der Waals surface area (Å²) < 4.78 is 6.48. The molecule has 0 aliphatic carbocycles. The third-order valence-corrected chi connectivity index (χ3v) is 3.93. The Labute approximate surface area is 147 Å². The summed E-state index contributed by atoms with van der Waals surface area (Å²) in [5, 5.41) is 10.9. The van der Waals surface area contributed by atoms with Gasteiger partial charge in [0, 0.05) is 10.5 Å². The van der Waals surface area contributed by atoms with Crippen LogP contribution < -0.4 is 5.43 Å². The number of halogens is 1. The van der Waals surface area contributed by atoms with Crippen molar-refractivity contribution in [3.05, 3.63) is 64.0 Å². The number of hydrogen-bond donors (Lipinski definition) is 2. The number of carbonyl (C=O) groups excluding carboxylic acids is 1. The Hall–Kier alpha value is -2.67. The minimum Gasteiger partial charge on any atom is -0.460 e. The minimum absolute atomic E-state index is 0.242.